The van der Waals surface area contributed by atoms with Crippen LogP contribution in [0.3, 0.4) is 0 Å². The number of hydrogen-bond donors (Lipinski definition) is 0. The fraction of sp³-hybridized carbons (Fsp3) is 0.308. The van der Waals surface area contributed by atoms with Crippen molar-refractivity contribution in [2.75, 3.05) is 5.75 Å². The van der Waals surface area contributed by atoms with Crippen molar-refractivity contribution in [2.24, 2.45) is 0 Å². The third-order valence-electron chi connectivity index (χ3n) is 2.83. The van der Waals surface area contributed by atoms with Gasteiger partial charge in [0, 0.05) is 11.4 Å². The lowest BCUT2D eigenvalue weighted by molar-refractivity contribution is 0.560. The zero-order valence-electron chi connectivity index (χ0n) is 10.7. The third-order valence-corrected chi connectivity index (χ3v) is 4.76. The Bertz CT molecular complexity index is 701. The van der Waals surface area contributed by atoms with Crippen LogP contribution in [0.2, 0.25) is 0 Å². The molecule has 0 unspecified atom stereocenters. The summed E-state index contributed by atoms with van der Waals surface area (Å²) in [5, 5.41) is 1.21. The SMILES string of the molecule is C=CCn1c(SC[C]=O)nc2sc(C)c(C)c2c1=O. The van der Waals surface area contributed by atoms with Crippen LogP contribution in [0.25, 0.3) is 10.2 Å². The van der Waals surface area contributed by atoms with Gasteiger partial charge < -0.3 is 0 Å². The van der Waals surface area contributed by atoms with Crippen LogP contribution in [0.4, 0.5) is 0 Å². The summed E-state index contributed by atoms with van der Waals surface area (Å²) < 4.78 is 1.55. The number of fused-ring (bicyclic) bond motifs is 1. The lowest BCUT2D eigenvalue weighted by Crippen LogP contribution is -2.22. The van der Waals surface area contributed by atoms with Crippen molar-refractivity contribution >= 4 is 39.6 Å². The second-order valence-corrected chi connectivity index (χ2v) is 6.14. The van der Waals surface area contributed by atoms with Crippen molar-refractivity contribution in [2.45, 2.75) is 25.5 Å². The fourth-order valence-electron chi connectivity index (χ4n) is 1.80. The van der Waals surface area contributed by atoms with E-state index in [1.165, 1.54) is 23.1 Å². The van der Waals surface area contributed by atoms with Crippen molar-refractivity contribution in [3.05, 3.63) is 33.4 Å². The molecule has 2 aromatic rings. The van der Waals surface area contributed by atoms with Gasteiger partial charge >= 0.3 is 0 Å². The average Bonchev–Trinajstić information content (AvgIpc) is 2.66. The number of rotatable bonds is 5. The first kappa shape index (κ1) is 14.0. The maximum Gasteiger partial charge on any atom is 0.263 e. The van der Waals surface area contributed by atoms with Crippen molar-refractivity contribution in [3.8, 4) is 0 Å². The summed E-state index contributed by atoms with van der Waals surface area (Å²) in [5.41, 5.74) is 0.911. The number of allylic oxidation sites excluding steroid dienone is 1. The molecule has 1 radical (unpaired) electrons. The lowest BCUT2D eigenvalue weighted by atomic mass is 10.2. The van der Waals surface area contributed by atoms with Gasteiger partial charge in [0.25, 0.3) is 5.56 Å². The van der Waals surface area contributed by atoms with Gasteiger partial charge in [-0.05, 0) is 19.4 Å². The van der Waals surface area contributed by atoms with E-state index in [0.29, 0.717) is 17.1 Å². The molecule has 0 aliphatic carbocycles. The quantitative estimate of drug-likeness (QED) is 0.483. The van der Waals surface area contributed by atoms with Gasteiger partial charge in [-0.2, -0.15) is 0 Å². The van der Waals surface area contributed by atoms with E-state index in [2.05, 4.69) is 11.6 Å². The van der Waals surface area contributed by atoms with E-state index in [9.17, 15) is 9.59 Å². The van der Waals surface area contributed by atoms with E-state index in [-0.39, 0.29) is 11.3 Å². The Morgan fingerprint density at radius 3 is 2.89 bits per heavy atom. The molecule has 0 saturated carbocycles. The van der Waals surface area contributed by atoms with Crippen molar-refractivity contribution in [3.63, 3.8) is 0 Å². The molecule has 2 heterocycles. The zero-order valence-corrected chi connectivity index (χ0v) is 12.4. The second kappa shape index (κ2) is 5.71. The minimum Gasteiger partial charge on any atom is -0.290 e. The Morgan fingerprint density at radius 2 is 2.26 bits per heavy atom. The molecule has 2 rings (SSSR count). The third kappa shape index (κ3) is 2.50. The van der Waals surface area contributed by atoms with Crippen LogP contribution < -0.4 is 5.56 Å². The predicted octanol–water partition coefficient (Wildman–Crippen LogP) is 2.46. The highest BCUT2D eigenvalue weighted by Gasteiger charge is 2.15. The normalized spacial score (nSPS) is 10.8. The number of hydrogen-bond acceptors (Lipinski definition) is 5. The maximum absolute atomic E-state index is 12.5. The van der Waals surface area contributed by atoms with Crippen molar-refractivity contribution in [1.82, 2.24) is 9.55 Å². The molecule has 0 bridgehead atoms. The summed E-state index contributed by atoms with van der Waals surface area (Å²) in [7, 11) is 0. The number of thiophene rings is 1. The van der Waals surface area contributed by atoms with E-state index in [1.807, 2.05) is 13.8 Å². The number of aryl methyl sites for hydroxylation is 2. The van der Waals surface area contributed by atoms with E-state index in [1.54, 1.807) is 16.9 Å². The van der Waals surface area contributed by atoms with Gasteiger partial charge in [0.1, 0.15) is 4.83 Å². The maximum atomic E-state index is 12.5. The second-order valence-electron chi connectivity index (χ2n) is 4.00. The molecule has 19 heavy (non-hydrogen) atoms. The number of nitrogens with zero attached hydrogens (tertiary/aromatic N) is 2. The number of aromatic nitrogens is 2. The van der Waals surface area contributed by atoms with E-state index in [0.717, 1.165) is 15.3 Å². The summed E-state index contributed by atoms with van der Waals surface area (Å²) >= 11 is 2.72. The largest absolute Gasteiger partial charge is 0.290 e. The standard InChI is InChI=1S/C13H13N2O2S2/c1-4-5-15-12(17)10-8(2)9(3)19-11(10)14-13(15)18-7-6-16/h4H,1,5,7H2,2-3H3. The van der Waals surface area contributed by atoms with Crippen molar-refractivity contribution in [1.29, 1.82) is 0 Å². The molecule has 4 nitrogen and oxygen atoms in total. The smallest absolute Gasteiger partial charge is 0.263 e. The van der Waals surface area contributed by atoms with Gasteiger partial charge in [0.15, 0.2) is 5.16 Å². The van der Waals surface area contributed by atoms with Gasteiger partial charge in [-0.25, -0.2) is 4.98 Å². The van der Waals surface area contributed by atoms with Gasteiger partial charge in [0.05, 0.1) is 11.1 Å². The Kier molecular flexibility index (Phi) is 4.21. The monoisotopic (exact) mass is 293 g/mol. The van der Waals surface area contributed by atoms with Crippen LogP contribution in [0.5, 0.6) is 0 Å². The van der Waals surface area contributed by atoms with Gasteiger partial charge in [0.2, 0.25) is 6.29 Å². The van der Waals surface area contributed by atoms with Crippen LogP contribution in [-0.2, 0) is 11.3 Å². The molecule has 0 saturated heterocycles. The molecular weight excluding hydrogens is 280 g/mol. The topological polar surface area (TPSA) is 52.0 Å². The molecule has 0 aromatic carbocycles. The number of carbonyl (C=O) groups excluding carboxylic acids is 1. The fourth-order valence-corrected chi connectivity index (χ4v) is 3.54. The molecule has 0 aliphatic rings. The van der Waals surface area contributed by atoms with Crippen LogP contribution in [0.15, 0.2) is 22.6 Å². The molecule has 0 spiro atoms. The lowest BCUT2D eigenvalue weighted by Gasteiger charge is -2.08. The van der Waals surface area contributed by atoms with E-state index < -0.39 is 0 Å². The summed E-state index contributed by atoms with van der Waals surface area (Å²) in [6.45, 7) is 7.95. The minimum atomic E-state index is -0.0693. The minimum absolute atomic E-state index is 0.0693. The van der Waals surface area contributed by atoms with Crippen molar-refractivity contribution < 1.29 is 4.79 Å². The molecule has 2 aromatic heterocycles. The molecule has 0 N–H and O–H groups in total. The van der Waals surface area contributed by atoms with Gasteiger partial charge in [-0.3, -0.25) is 14.2 Å². The van der Waals surface area contributed by atoms with Crippen LogP contribution in [0.1, 0.15) is 10.4 Å². The predicted molar refractivity (Wildman–Crippen MR) is 80.0 cm³/mol. The Hall–Kier alpha value is -1.40. The molecular formula is C13H13N2O2S2. The van der Waals surface area contributed by atoms with Gasteiger partial charge in [-0.1, -0.05) is 17.8 Å². The first-order valence-electron chi connectivity index (χ1n) is 5.69. The molecule has 0 amide bonds. The highest BCUT2D eigenvalue weighted by Crippen LogP contribution is 2.28. The van der Waals surface area contributed by atoms with Crippen LogP contribution in [-0.4, -0.2) is 21.6 Å². The number of thioether (sulfide) groups is 1. The molecule has 0 atom stereocenters. The first-order chi connectivity index (χ1) is 9.10. The molecule has 0 aliphatic heterocycles. The summed E-state index contributed by atoms with van der Waals surface area (Å²) in [6, 6.07) is 0. The highest BCUT2D eigenvalue weighted by atomic mass is 32.2. The molecule has 6 heteroatoms. The Balaban J connectivity index is 2.73. The van der Waals surface area contributed by atoms with Gasteiger partial charge in [-0.15, -0.1) is 17.9 Å². The summed E-state index contributed by atoms with van der Waals surface area (Å²) in [6.07, 6.45) is 3.46. The summed E-state index contributed by atoms with van der Waals surface area (Å²) in [5.74, 6) is 0.165. The van der Waals surface area contributed by atoms with Crippen LogP contribution in [0, 0.1) is 13.8 Å². The first-order valence-corrected chi connectivity index (χ1v) is 7.49. The Labute approximate surface area is 119 Å². The van der Waals surface area contributed by atoms with E-state index in [4.69, 9.17) is 0 Å². The Morgan fingerprint density at radius 1 is 1.53 bits per heavy atom. The summed E-state index contributed by atoms with van der Waals surface area (Å²) in [4.78, 5) is 29.2. The highest BCUT2D eigenvalue weighted by molar-refractivity contribution is 7.99. The van der Waals surface area contributed by atoms with Crippen LogP contribution >= 0.6 is 23.1 Å². The molecule has 99 valence electrons. The average molecular weight is 293 g/mol. The molecule has 0 fully saturated rings. The zero-order chi connectivity index (χ0) is 14.0. The van der Waals surface area contributed by atoms with E-state index >= 15 is 0 Å².